The molecule has 6 heteroatoms. The average molecular weight is 295 g/mol. The van der Waals surface area contributed by atoms with E-state index in [1.54, 1.807) is 19.1 Å². The van der Waals surface area contributed by atoms with Gasteiger partial charge in [-0.1, -0.05) is 17.7 Å². The topological polar surface area (TPSA) is 49.3 Å². The number of hydrogen-bond acceptors (Lipinski definition) is 2. The molecule has 1 saturated carbocycles. The van der Waals surface area contributed by atoms with E-state index in [2.05, 4.69) is 5.32 Å². The van der Waals surface area contributed by atoms with Crippen LogP contribution in [-0.2, 0) is 4.79 Å². The van der Waals surface area contributed by atoms with Crippen molar-refractivity contribution in [3.63, 3.8) is 0 Å². The molecule has 1 aliphatic carbocycles. The highest BCUT2D eigenvalue weighted by Crippen LogP contribution is 2.64. The minimum atomic E-state index is -1.04. The van der Waals surface area contributed by atoms with Crippen LogP contribution in [0.4, 0.5) is 5.69 Å². The molecule has 0 aromatic heterocycles. The first-order valence-corrected chi connectivity index (χ1v) is 6.08. The average Bonchev–Trinajstić information content (AvgIpc) is 2.75. The number of amides is 1. The predicted molar refractivity (Wildman–Crippen MR) is 68.9 cm³/mol. The summed E-state index contributed by atoms with van der Waals surface area (Å²) in [6.45, 7) is 1.67. The summed E-state index contributed by atoms with van der Waals surface area (Å²) >= 11 is 17.5. The summed E-state index contributed by atoms with van der Waals surface area (Å²) in [7, 11) is 0. The molecule has 1 atom stereocenters. The van der Waals surface area contributed by atoms with Gasteiger partial charge in [0.05, 0.1) is 16.1 Å². The number of phenols is 1. The lowest BCUT2D eigenvalue weighted by Crippen LogP contribution is -2.25. The number of para-hydroxylation sites is 1. The number of carbonyl (C=O) groups is 1. The van der Waals surface area contributed by atoms with Crippen LogP contribution < -0.4 is 5.32 Å². The van der Waals surface area contributed by atoms with Gasteiger partial charge in [-0.15, -0.1) is 23.2 Å². The summed E-state index contributed by atoms with van der Waals surface area (Å²) < 4.78 is -1.04. The second-order valence-corrected chi connectivity index (χ2v) is 6.19. The molecule has 0 saturated heterocycles. The van der Waals surface area contributed by atoms with Gasteiger partial charge in [-0.2, -0.15) is 0 Å². The normalized spacial score (nSPS) is 25.4. The molecule has 1 amide bonds. The maximum Gasteiger partial charge on any atom is 0.233 e. The Balaban J connectivity index is 2.18. The van der Waals surface area contributed by atoms with Crippen LogP contribution in [0, 0.1) is 5.41 Å². The maximum atomic E-state index is 11.9. The van der Waals surface area contributed by atoms with E-state index >= 15 is 0 Å². The number of aromatic hydroxyl groups is 1. The van der Waals surface area contributed by atoms with E-state index in [0.717, 1.165) is 0 Å². The molecule has 3 nitrogen and oxygen atoms in total. The molecule has 0 heterocycles. The number of hydrogen-bond donors (Lipinski definition) is 2. The standard InChI is InChI=1S/C11H10Cl3NO2/c1-10(5-11(10,13)14)9(17)15-7-4-2-3-6(12)8(7)16/h2-4,16H,5H2,1H3,(H,15,17). The predicted octanol–water partition coefficient (Wildman–Crippen LogP) is 3.57. The largest absolute Gasteiger partial charge is 0.504 e. The minimum absolute atomic E-state index is 0.165. The maximum absolute atomic E-state index is 11.9. The molecule has 0 aliphatic heterocycles. The molecule has 1 aliphatic rings. The van der Waals surface area contributed by atoms with Crippen LogP contribution in [0.25, 0.3) is 0 Å². The molecular formula is C11H10Cl3NO2. The summed E-state index contributed by atoms with van der Waals surface area (Å²) in [6.07, 6.45) is 0.385. The van der Waals surface area contributed by atoms with Crippen LogP contribution >= 0.6 is 34.8 Å². The number of benzene rings is 1. The Bertz CT molecular complexity index is 490. The Morgan fingerprint density at radius 2 is 2.06 bits per heavy atom. The van der Waals surface area contributed by atoms with E-state index in [1.165, 1.54) is 6.07 Å². The van der Waals surface area contributed by atoms with Crippen LogP contribution in [0.1, 0.15) is 13.3 Å². The monoisotopic (exact) mass is 293 g/mol. The van der Waals surface area contributed by atoms with Crippen molar-refractivity contribution in [3.05, 3.63) is 23.2 Å². The summed E-state index contributed by atoms with van der Waals surface area (Å²) in [4.78, 5) is 11.9. The van der Waals surface area contributed by atoms with Gasteiger partial charge in [-0.3, -0.25) is 4.79 Å². The molecule has 2 N–H and O–H groups in total. The van der Waals surface area contributed by atoms with Crippen LogP contribution in [0.2, 0.25) is 5.02 Å². The van der Waals surface area contributed by atoms with Crippen molar-refractivity contribution in [1.82, 2.24) is 0 Å². The SMILES string of the molecule is CC1(C(=O)Nc2cccc(Cl)c2O)CC1(Cl)Cl. The van der Waals surface area contributed by atoms with E-state index in [0.29, 0.717) is 6.42 Å². The Hall–Kier alpha value is -0.640. The van der Waals surface area contributed by atoms with Crippen molar-refractivity contribution >= 4 is 46.4 Å². The van der Waals surface area contributed by atoms with Gasteiger partial charge in [0.2, 0.25) is 5.91 Å². The van der Waals surface area contributed by atoms with Gasteiger partial charge in [-0.05, 0) is 25.5 Å². The lowest BCUT2D eigenvalue weighted by molar-refractivity contribution is -0.120. The molecule has 1 aromatic rings. The van der Waals surface area contributed by atoms with E-state index in [9.17, 15) is 9.90 Å². The summed E-state index contributed by atoms with van der Waals surface area (Å²) in [5.74, 6) is -0.499. The van der Waals surface area contributed by atoms with Crippen molar-refractivity contribution in [2.75, 3.05) is 5.32 Å². The fourth-order valence-electron chi connectivity index (χ4n) is 1.52. The molecule has 0 spiro atoms. The zero-order valence-corrected chi connectivity index (χ0v) is 11.2. The fraction of sp³-hybridized carbons (Fsp3) is 0.364. The number of alkyl halides is 2. The Kier molecular flexibility index (Phi) is 2.97. The Labute approximate surface area is 114 Å². The Morgan fingerprint density at radius 3 is 2.59 bits per heavy atom. The number of anilines is 1. The van der Waals surface area contributed by atoms with Crippen molar-refractivity contribution in [3.8, 4) is 5.75 Å². The highest BCUT2D eigenvalue weighted by atomic mass is 35.5. The molecule has 1 aromatic carbocycles. The third kappa shape index (κ3) is 2.07. The number of phenolic OH excluding ortho intramolecular Hbond substituents is 1. The van der Waals surface area contributed by atoms with Gasteiger partial charge in [0.25, 0.3) is 0 Å². The highest BCUT2D eigenvalue weighted by Gasteiger charge is 2.67. The van der Waals surface area contributed by atoms with E-state index in [1.807, 2.05) is 0 Å². The molecule has 0 radical (unpaired) electrons. The zero-order chi connectivity index (χ0) is 12.8. The van der Waals surface area contributed by atoms with E-state index in [4.69, 9.17) is 34.8 Å². The lowest BCUT2D eigenvalue weighted by Gasteiger charge is -2.13. The summed E-state index contributed by atoms with van der Waals surface area (Å²) in [6, 6.07) is 4.70. The molecule has 17 heavy (non-hydrogen) atoms. The van der Waals surface area contributed by atoms with Crippen molar-refractivity contribution in [2.45, 2.75) is 17.7 Å². The molecule has 1 fully saturated rings. The molecule has 1 unspecified atom stereocenters. The van der Waals surface area contributed by atoms with Crippen LogP contribution in [0.3, 0.4) is 0 Å². The van der Waals surface area contributed by atoms with Gasteiger partial charge in [0, 0.05) is 0 Å². The van der Waals surface area contributed by atoms with E-state index in [-0.39, 0.29) is 22.4 Å². The molecular weight excluding hydrogens is 284 g/mol. The van der Waals surface area contributed by atoms with Crippen molar-refractivity contribution in [2.24, 2.45) is 5.41 Å². The minimum Gasteiger partial charge on any atom is -0.504 e. The second kappa shape index (κ2) is 3.94. The van der Waals surface area contributed by atoms with Gasteiger partial charge in [0.15, 0.2) is 5.75 Å². The van der Waals surface area contributed by atoms with Gasteiger partial charge < -0.3 is 10.4 Å². The van der Waals surface area contributed by atoms with Crippen molar-refractivity contribution in [1.29, 1.82) is 0 Å². The number of carbonyl (C=O) groups excluding carboxylic acids is 1. The third-order valence-electron chi connectivity index (χ3n) is 2.99. The molecule has 2 rings (SSSR count). The van der Waals surface area contributed by atoms with Crippen LogP contribution in [0.5, 0.6) is 5.75 Å². The number of halogens is 3. The summed E-state index contributed by atoms with van der Waals surface area (Å²) in [5, 5.41) is 12.4. The lowest BCUT2D eigenvalue weighted by atomic mass is 10.1. The smallest absolute Gasteiger partial charge is 0.233 e. The first-order chi connectivity index (χ1) is 7.78. The molecule has 92 valence electrons. The Morgan fingerprint density at radius 1 is 1.47 bits per heavy atom. The first kappa shape index (κ1) is 12.8. The number of nitrogens with one attached hydrogen (secondary N) is 1. The van der Waals surface area contributed by atoms with Gasteiger partial charge in [-0.25, -0.2) is 0 Å². The zero-order valence-electron chi connectivity index (χ0n) is 8.93. The molecule has 0 bridgehead atoms. The van der Waals surface area contributed by atoms with Gasteiger partial charge in [0.1, 0.15) is 4.33 Å². The van der Waals surface area contributed by atoms with Gasteiger partial charge >= 0.3 is 0 Å². The van der Waals surface area contributed by atoms with E-state index < -0.39 is 9.75 Å². The highest BCUT2D eigenvalue weighted by molar-refractivity contribution is 6.53. The van der Waals surface area contributed by atoms with Crippen LogP contribution in [-0.4, -0.2) is 15.3 Å². The quantitative estimate of drug-likeness (QED) is 0.647. The van der Waals surface area contributed by atoms with Crippen LogP contribution in [0.15, 0.2) is 18.2 Å². The summed E-state index contributed by atoms with van der Waals surface area (Å²) in [5.41, 5.74) is -0.579. The number of rotatable bonds is 2. The fourth-order valence-corrected chi connectivity index (χ4v) is 2.40. The first-order valence-electron chi connectivity index (χ1n) is 4.95. The van der Waals surface area contributed by atoms with Crippen molar-refractivity contribution < 1.29 is 9.90 Å². The second-order valence-electron chi connectivity index (χ2n) is 4.30. The third-order valence-corrected chi connectivity index (χ3v) is 4.40.